The second kappa shape index (κ2) is 5.58. The van der Waals surface area contributed by atoms with Crippen molar-refractivity contribution in [3.8, 4) is 0 Å². The number of aromatic nitrogens is 2. The van der Waals surface area contributed by atoms with E-state index in [0.29, 0.717) is 0 Å². The summed E-state index contributed by atoms with van der Waals surface area (Å²) in [5.74, 6) is 1.06. The van der Waals surface area contributed by atoms with Gasteiger partial charge in [-0.25, -0.2) is 9.97 Å². The molecule has 1 aliphatic rings. The average Bonchev–Trinajstić information content (AvgIpc) is 2.54. The van der Waals surface area contributed by atoms with Gasteiger partial charge in [0.05, 0.1) is 5.52 Å². The first-order valence-electron chi connectivity index (χ1n) is 6.98. The monoisotopic (exact) mass is 288 g/mol. The minimum atomic E-state index is 0.249. The second-order valence-corrected chi connectivity index (χ2v) is 6.57. The maximum absolute atomic E-state index is 5.96. The second-order valence-electron chi connectivity index (χ2n) is 5.29. The molecule has 1 aliphatic heterocycles. The van der Waals surface area contributed by atoms with Crippen LogP contribution in [0.2, 0.25) is 0 Å². The number of hydrogen-bond donors (Lipinski definition) is 1. The molecule has 2 N–H and O–H groups in total. The Kier molecular flexibility index (Phi) is 3.81. The lowest BCUT2D eigenvalue weighted by Gasteiger charge is -2.40. The molecule has 0 radical (unpaired) electrons. The largest absolute Gasteiger partial charge is 0.356 e. The minimum Gasteiger partial charge on any atom is -0.356 e. The molecule has 20 heavy (non-hydrogen) atoms. The smallest absolute Gasteiger partial charge is 0.139 e. The van der Waals surface area contributed by atoms with Gasteiger partial charge in [0.15, 0.2) is 0 Å². The van der Waals surface area contributed by atoms with Crippen LogP contribution in [0.3, 0.4) is 0 Å². The van der Waals surface area contributed by atoms with Gasteiger partial charge < -0.3 is 10.6 Å². The molecular formula is C15H20N4S. The Morgan fingerprint density at radius 1 is 1.25 bits per heavy atom. The predicted octanol–water partition coefficient (Wildman–Crippen LogP) is 2.29. The number of fused-ring (bicyclic) bond motifs is 1. The van der Waals surface area contributed by atoms with Gasteiger partial charge in [-0.2, -0.15) is 11.8 Å². The van der Waals surface area contributed by atoms with Crippen LogP contribution in [-0.2, 0) is 0 Å². The van der Waals surface area contributed by atoms with Crippen molar-refractivity contribution in [1.82, 2.24) is 9.97 Å². The molecule has 5 heteroatoms. The van der Waals surface area contributed by atoms with Crippen LogP contribution >= 0.6 is 11.8 Å². The third kappa shape index (κ3) is 2.36. The molecule has 0 spiro atoms. The fourth-order valence-corrected chi connectivity index (χ4v) is 3.62. The molecule has 1 saturated heterocycles. The molecule has 0 amide bonds. The van der Waals surface area contributed by atoms with Crippen LogP contribution in [0.15, 0.2) is 30.6 Å². The van der Waals surface area contributed by atoms with Gasteiger partial charge in [0.25, 0.3) is 0 Å². The third-order valence-electron chi connectivity index (χ3n) is 4.30. The van der Waals surface area contributed by atoms with E-state index in [-0.39, 0.29) is 4.75 Å². The highest BCUT2D eigenvalue weighted by Gasteiger charge is 2.33. The van der Waals surface area contributed by atoms with E-state index in [1.807, 2.05) is 30.0 Å². The van der Waals surface area contributed by atoms with Gasteiger partial charge in [-0.15, -0.1) is 0 Å². The molecule has 1 aromatic carbocycles. The fourth-order valence-electron chi connectivity index (χ4n) is 2.86. The molecule has 2 heterocycles. The van der Waals surface area contributed by atoms with Gasteiger partial charge in [0.2, 0.25) is 0 Å². The Labute approximate surface area is 123 Å². The van der Waals surface area contributed by atoms with E-state index in [1.165, 1.54) is 0 Å². The van der Waals surface area contributed by atoms with Crippen molar-refractivity contribution in [3.63, 3.8) is 0 Å². The van der Waals surface area contributed by atoms with Gasteiger partial charge >= 0.3 is 0 Å². The first kappa shape index (κ1) is 13.6. The number of benzene rings is 1. The van der Waals surface area contributed by atoms with Crippen molar-refractivity contribution < 1.29 is 0 Å². The van der Waals surface area contributed by atoms with Crippen LogP contribution in [0.25, 0.3) is 10.9 Å². The number of hydrogen-bond acceptors (Lipinski definition) is 5. The van der Waals surface area contributed by atoms with Crippen LogP contribution in [0, 0.1) is 0 Å². The molecule has 0 bridgehead atoms. The van der Waals surface area contributed by atoms with E-state index in [0.717, 1.165) is 49.2 Å². The number of thioether (sulfide) groups is 1. The minimum absolute atomic E-state index is 0.249. The molecule has 0 aliphatic carbocycles. The number of anilines is 1. The van der Waals surface area contributed by atoms with E-state index >= 15 is 0 Å². The number of piperidine rings is 1. The Morgan fingerprint density at radius 3 is 2.70 bits per heavy atom. The topological polar surface area (TPSA) is 55.0 Å². The van der Waals surface area contributed by atoms with E-state index in [2.05, 4.69) is 27.2 Å². The normalized spacial score (nSPS) is 18.4. The highest BCUT2D eigenvalue weighted by atomic mass is 32.2. The average molecular weight is 288 g/mol. The summed E-state index contributed by atoms with van der Waals surface area (Å²) in [5, 5.41) is 1.14. The molecule has 3 rings (SSSR count). The lowest BCUT2D eigenvalue weighted by molar-refractivity contribution is 0.456. The highest BCUT2D eigenvalue weighted by Crippen LogP contribution is 2.35. The molecule has 106 valence electrons. The summed E-state index contributed by atoms with van der Waals surface area (Å²) in [6.07, 6.45) is 6.06. The summed E-state index contributed by atoms with van der Waals surface area (Å²) in [4.78, 5) is 11.2. The first-order valence-corrected chi connectivity index (χ1v) is 8.20. The maximum atomic E-state index is 5.96. The highest BCUT2D eigenvalue weighted by molar-refractivity contribution is 8.00. The molecule has 1 fully saturated rings. The van der Waals surface area contributed by atoms with E-state index in [9.17, 15) is 0 Å². The van der Waals surface area contributed by atoms with Crippen LogP contribution in [-0.4, -0.2) is 40.6 Å². The summed E-state index contributed by atoms with van der Waals surface area (Å²) in [7, 11) is 0. The number of para-hydroxylation sites is 1. The van der Waals surface area contributed by atoms with Crippen LogP contribution in [0.4, 0.5) is 5.82 Å². The molecular weight excluding hydrogens is 268 g/mol. The molecule has 2 aromatic rings. The Hall–Kier alpha value is -1.33. The molecule has 0 unspecified atom stereocenters. The lowest BCUT2D eigenvalue weighted by Crippen LogP contribution is -2.46. The van der Waals surface area contributed by atoms with Crippen molar-refractivity contribution in [2.24, 2.45) is 5.73 Å². The van der Waals surface area contributed by atoms with Crippen LogP contribution in [0.5, 0.6) is 0 Å². The molecule has 4 nitrogen and oxygen atoms in total. The summed E-state index contributed by atoms with van der Waals surface area (Å²) in [5.41, 5.74) is 6.97. The number of rotatable bonds is 3. The van der Waals surface area contributed by atoms with Crippen molar-refractivity contribution >= 4 is 28.5 Å². The zero-order chi connectivity index (χ0) is 14.0. The molecule has 0 atom stereocenters. The van der Waals surface area contributed by atoms with Gasteiger partial charge in [0.1, 0.15) is 12.1 Å². The Bertz CT molecular complexity index is 582. The van der Waals surface area contributed by atoms with Crippen molar-refractivity contribution in [3.05, 3.63) is 30.6 Å². The van der Waals surface area contributed by atoms with E-state index in [4.69, 9.17) is 5.73 Å². The van der Waals surface area contributed by atoms with E-state index < -0.39 is 0 Å². The number of nitrogens with zero attached hydrogens (tertiary/aromatic N) is 3. The maximum Gasteiger partial charge on any atom is 0.139 e. The zero-order valence-electron chi connectivity index (χ0n) is 11.7. The summed E-state index contributed by atoms with van der Waals surface area (Å²) < 4.78 is 0.249. The van der Waals surface area contributed by atoms with Crippen molar-refractivity contribution in [2.45, 2.75) is 17.6 Å². The zero-order valence-corrected chi connectivity index (χ0v) is 12.6. The summed E-state index contributed by atoms with van der Waals surface area (Å²) in [6.45, 7) is 2.78. The third-order valence-corrected chi connectivity index (χ3v) is 5.74. The summed E-state index contributed by atoms with van der Waals surface area (Å²) >= 11 is 1.91. The van der Waals surface area contributed by atoms with Crippen LogP contribution in [0.1, 0.15) is 12.8 Å². The molecule has 1 aromatic heterocycles. The Balaban J connectivity index is 1.87. The van der Waals surface area contributed by atoms with Crippen molar-refractivity contribution in [2.75, 3.05) is 30.8 Å². The lowest BCUT2D eigenvalue weighted by atomic mass is 9.95. The van der Waals surface area contributed by atoms with E-state index in [1.54, 1.807) is 6.33 Å². The molecule has 0 saturated carbocycles. The first-order chi connectivity index (χ1) is 9.78. The number of nitrogens with two attached hydrogens (primary N) is 1. The van der Waals surface area contributed by atoms with Crippen molar-refractivity contribution in [1.29, 1.82) is 0 Å². The fraction of sp³-hybridized carbons (Fsp3) is 0.467. The SMILES string of the molecule is CSC1(CN)CCN(c2ncnc3ccccc23)CC1. The Morgan fingerprint density at radius 2 is 2.00 bits per heavy atom. The predicted molar refractivity (Wildman–Crippen MR) is 86.3 cm³/mol. The summed E-state index contributed by atoms with van der Waals surface area (Å²) in [6, 6.07) is 8.20. The van der Waals surface area contributed by atoms with Gasteiger partial charge in [-0.05, 0) is 31.2 Å². The van der Waals surface area contributed by atoms with Gasteiger partial charge in [0, 0.05) is 29.8 Å². The van der Waals surface area contributed by atoms with Gasteiger partial charge in [-0.1, -0.05) is 12.1 Å². The quantitative estimate of drug-likeness (QED) is 0.939. The van der Waals surface area contributed by atoms with Gasteiger partial charge in [-0.3, -0.25) is 0 Å². The van der Waals surface area contributed by atoms with Crippen LogP contribution < -0.4 is 10.6 Å². The standard InChI is InChI=1S/C15H20N4S/c1-20-15(10-16)6-8-19(9-7-15)14-12-4-2-3-5-13(12)17-11-18-14/h2-5,11H,6-10,16H2,1H3.